The van der Waals surface area contributed by atoms with E-state index in [2.05, 4.69) is 20.6 Å². The molecule has 1 atom stereocenters. The van der Waals surface area contributed by atoms with Crippen molar-refractivity contribution in [2.45, 2.75) is 50.5 Å². The maximum absolute atomic E-state index is 13.7. The summed E-state index contributed by atoms with van der Waals surface area (Å²) in [6.07, 6.45) is 5.77. The van der Waals surface area contributed by atoms with Gasteiger partial charge in [-0.15, -0.1) is 0 Å². The van der Waals surface area contributed by atoms with Crippen LogP contribution < -0.4 is 21.1 Å². The Morgan fingerprint density at radius 2 is 1.94 bits per heavy atom. The van der Waals surface area contributed by atoms with Crippen LogP contribution in [0.25, 0.3) is 0 Å². The summed E-state index contributed by atoms with van der Waals surface area (Å²) in [5.74, 6) is 0.252. The number of hydrogen-bond donors (Lipinski definition) is 3. The zero-order valence-corrected chi connectivity index (χ0v) is 17.6. The molecule has 1 aliphatic carbocycles. The zero-order chi connectivity index (χ0) is 22.6. The first-order valence-corrected chi connectivity index (χ1v) is 10.7. The van der Waals surface area contributed by atoms with Crippen LogP contribution in [0.4, 0.5) is 18.9 Å². The molecule has 1 fully saturated rings. The fourth-order valence-electron chi connectivity index (χ4n) is 4.21. The summed E-state index contributed by atoms with van der Waals surface area (Å²) < 4.78 is 48.7. The second-order valence-corrected chi connectivity index (χ2v) is 8.10. The second-order valence-electron chi connectivity index (χ2n) is 8.10. The molecule has 7 nitrogen and oxygen atoms in total. The molecular weight excluding hydrogens is 421 g/mol. The van der Waals surface area contributed by atoms with E-state index in [4.69, 9.17) is 10.5 Å². The third kappa shape index (κ3) is 5.07. The average Bonchev–Trinajstić information content (AvgIpc) is 3.28. The molecule has 1 unspecified atom stereocenters. The molecule has 0 amide bonds. The van der Waals surface area contributed by atoms with Gasteiger partial charge in [0.05, 0.1) is 24.0 Å². The molecule has 2 aromatic rings. The zero-order valence-electron chi connectivity index (χ0n) is 17.6. The number of guanidine groups is 1. The molecule has 0 radical (unpaired) electrons. The van der Waals surface area contributed by atoms with Gasteiger partial charge in [0.2, 0.25) is 11.8 Å². The number of nitrogens with one attached hydrogen (secondary N) is 2. The lowest BCUT2D eigenvalue weighted by molar-refractivity contribution is -0.105. The SMILES string of the molecule is NC1(C2CCCCC2)N=C(Nc2ccc(OCCn3cccc3)nc2)NC=C1C(F)(F)F. The number of hydrogen-bond acceptors (Lipinski definition) is 6. The molecule has 4 N–H and O–H groups in total. The van der Waals surface area contributed by atoms with E-state index < -0.39 is 17.4 Å². The Labute approximate surface area is 184 Å². The van der Waals surface area contributed by atoms with Crippen molar-refractivity contribution in [2.75, 3.05) is 11.9 Å². The number of alkyl halides is 3. The predicted octanol–water partition coefficient (Wildman–Crippen LogP) is 4.01. The third-order valence-electron chi connectivity index (χ3n) is 5.88. The van der Waals surface area contributed by atoms with Crippen LogP contribution in [0, 0.1) is 5.92 Å². The Bertz CT molecular complexity index is 949. The Morgan fingerprint density at radius 1 is 1.19 bits per heavy atom. The summed E-state index contributed by atoms with van der Waals surface area (Å²) in [6, 6.07) is 7.30. The largest absolute Gasteiger partial charge is 0.476 e. The first-order chi connectivity index (χ1) is 15.3. The monoisotopic (exact) mass is 448 g/mol. The molecule has 0 spiro atoms. The standard InChI is InChI=1S/C22H27F3N6O/c23-22(24,25)18-15-28-20(30-21(18,26)16-6-2-1-3-7-16)29-17-8-9-19(27-14-17)32-13-12-31-10-4-5-11-31/h4-5,8-11,14-16H,1-3,6-7,12-13,26H2,(H2,28,29,30). The molecular formula is C22H27F3N6O. The van der Waals surface area contributed by atoms with Gasteiger partial charge in [-0.05, 0) is 31.0 Å². The van der Waals surface area contributed by atoms with Crippen molar-refractivity contribution in [3.8, 4) is 5.88 Å². The number of halogens is 3. The molecule has 172 valence electrons. The minimum Gasteiger partial charge on any atom is -0.476 e. The topological polar surface area (TPSA) is 89.5 Å². The van der Waals surface area contributed by atoms with Crippen molar-refractivity contribution in [1.29, 1.82) is 0 Å². The lowest BCUT2D eigenvalue weighted by Gasteiger charge is -2.41. The highest BCUT2D eigenvalue weighted by atomic mass is 19.4. The van der Waals surface area contributed by atoms with E-state index in [9.17, 15) is 13.2 Å². The number of rotatable bonds is 6. The van der Waals surface area contributed by atoms with Gasteiger partial charge >= 0.3 is 6.18 Å². The van der Waals surface area contributed by atoms with E-state index in [1.165, 1.54) is 6.20 Å². The normalized spacial score (nSPS) is 22.0. The van der Waals surface area contributed by atoms with Crippen LogP contribution in [0.1, 0.15) is 32.1 Å². The summed E-state index contributed by atoms with van der Waals surface area (Å²) in [5.41, 5.74) is 4.23. The molecule has 1 aliphatic heterocycles. The van der Waals surface area contributed by atoms with Crippen LogP contribution in [0.2, 0.25) is 0 Å². The van der Waals surface area contributed by atoms with E-state index in [1.54, 1.807) is 12.1 Å². The Morgan fingerprint density at radius 3 is 2.59 bits per heavy atom. The van der Waals surface area contributed by atoms with E-state index in [1.807, 2.05) is 29.1 Å². The Balaban J connectivity index is 1.42. The molecule has 4 rings (SSSR count). The fraction of sp³-hybridized carbons (Fsp3) is 0.455. The minimum atomic E-state index is -4.56. The van der Waals surface area contributed by atoms with E-state index in [-0.39, 0.29) is 11.9 Å². The predicted molar refractivity (Wildman–Crippen MR) is 116 cm³/mol. The number of nitrogens with zero attached hydrogens (tertiary/aromatic N) is 3. The van der Waals surface area contributed by atoms with Gasteiger partial charge in [-0.3, -0.25) is 0 Å². The quantitative estimate of drug-likeness (QED) is 0.621. The van der Waals surface area contributed by atoms with Crippen molar-refractivity contribution >= 4 is 11.6 Å². The van der Waals surface area contributed by atoms with Gasteiger partial charge in [-0.25, -0.2) is 9.98 Å². The maximum atomic E-state index is 13.7. The first-order valence-electron chi connectivity index (χ1n) is 10.7. The van der Waals surface area contributed by atoms with Crippen LogP contribution in [0.5, 0.6) is 5.88 Å². The summed E-state index contributed by atoms with van der Waals surface area (Å²) in [7, 11) is 0. The summed E-state index contributed by atoms with van der Waals surface area (Å²) in [6.45, 7) is 1.16. The number of nitrogens with two attached hydrogens (primary N) is 1. The van der Waals surface area contributed by atoms with Crippen molar-refractivity contribution in [1.82, 2.24) is 14.9 Å². The van der Waals surface area contributed by atoms with Crippen LogP contribution in [-0.4, -0.2) is 34.0 Å². The summed E-state index contributed by atoms with van der Waals surface area (Å²) in [4.78, 5) is 8.54. The van der Waals surface area contributed by atoms with Crippen molar-refractivity contribution in [3.05, 3.63) is 54.6 Å². The van der Waals surface area contributed by atoms with Crippen LogP contribution in [0.15, 0.2) is 59.6 Å². The number of anilines is 1. The van der Waals surface area contributed by atoms with Gasteiger partial charge < -0.3 is 25.7 Å². The minimum absolute atomic E-state index is 0.161. The Hall–Kier alpha value is -3.01. The highest BCUT2D eigenvalue weighted by molar-refractivity contribution is 5.95. The fourth-order valence-corrected chi connectivity index (χ4v) is 4.21. The summed E-state index contributed by atoms with van der Waals surface area (Å²) in [5, 5.41) is 5.58. The molecule has 2 aromatic heterocycles. The van der Waals surface area contributed by atoms with Gasteiger partial charge in [-0.1, -0.05) is 19.3 Å². The molecule has 0 bridgehead atoms. The second kappa shape index (κ2) is 9.23. The smallest absolute Gasteiger partial charge is 0.417 e. The third-order valence-corrected chi connectivity index (χ3v) is 5.88. The van der Waals surface area contributed by atoms with Gasteiger partial charge in [0.1, 0.15) is 12.3 Å². The number of aromatic nitrogens is 2. The summed E-state index contributed by atoms with van der Waals surface area (Å²) >= 11 is 0. The van der Waals surface area contributed by atoms with Crippen LogP contribution in [-0.2, 0) is 6.54 Å². The molecule has 0 saturated heterocycles. The van der Waals surface area contributed by atoms with Gasteiger partial charge in [0.15, 0.2) is 0 Å². The lowest BCUT2D eigenvalue weighted by Crippen LogP contribution is -2.56. The van der Waals surface area contributed by atoms with Gasteiger partial charge in [0, 0.05) is 30.6 Å². The van der Waals surface area contributed by atoms with E-state index >= 15 is 0 Å². The van der Waals surface area contributed by atoms with Crippen LogP contribution in [0.3, 0.4) is 0 Å². The molecule has 0 aromatic carbocycles. The molecule has 3 heterocycles. The van der Waals surface area contributed by atoms with E-state index in [0.717, 1.165) is 25.5 Å². The highest BCUT2D eigenvalue weighted by Crippen LogP contribution is 2.43. The number of aliphatic imine (C=N–C) groups is 1. The van der Waals surface area contributed by atoms with Crippen molar-refractivity contribution in [2.24, 2.45) is 16.6 Å². The van der Waals surface area contributed by atoms with Crippen LogP contribution >= 0.6 is 0 Å². The molecule has 1 saturated carbocycles. The molecule has 10 heteroatoms. The Kier molecular flexibility index (Phi) is 6.40. The van der Waals surface area contributed by atoms with Gasteiger partial charge in [-0.2, -0.15) is 13.2 Å². The average molecular weight is 448 g/mol. The number of pyridine rings is 1. The van der Waals surface area contributed by atoms with Gasteiger partial charge in [0.25, 0.3) is 0 Å². The first kappa shape index (κ1) is 22.2. The number of ether oxygens (including phenoxy) is 1. The van der Waals surface area contributed by atoms with Crippen molar-refractivity contribution < 1.29 is 17.9 Å². The lowest BCUT2D eigenvalue weighted by atomic mass is 9.76. The molecule has 2 aliphatic rings. The van der Waals surface area contributed by atoms with Crippen molar-refractivity contribution in [3.63, 3.8) is 0 Å². The maximum Gasteiger partial charge on any atom is 0.417 e. The molecule has 32 heavy (non-hydrogen) atoms. The highest BCUT2D eigenvalue weighted by Gasteiger charge is 2.52. The van der Waals surface area contributed by atoms with E-state index in [0.29, 0.717) is 37.6 Å².